The zero-order valence-electron chi connectivity index (χ0n) is 14.1. The van der Waals surface area contributed by atoms with Crippen molar-refractivity contribution in [3.8, 4) is 0 Å². The Bertz CT molecular complexity index is 570. The van der Waals surface area contributed by atoms with Gasteiger partial charge in [0.05, 0.1) is 24.7 Å². The first-order valence-electron chi connectivity index (χ1n) is 9.01. The molecule has 7 nitrogen and oxygen atoms in total. The minimum absolute atomic E-state index is 0.101. The minimum Gasteiger partial charge on any atom is -0.372 e. The number of rotatable bonds is 5. The normalized spacial score (nSPS) is 30.2. The first-order chi connectivity index (χ1) is 11.7. The van der Waals surface area contributed by atoms with Crippen LogP contribution in [0.2, 0.25) is 0 Å². The topological polar surface area (TPSA) is 77.7 Å². The van der Waals surface area contributed by atoms with Crippen molar-refractivity contribution in [2.24, 2.45) is 5.92 Å². The van der Waals surface area contributed by atoms with Crippen molar-refractivity contribution < 1.29 is 18.8 Å². The molecule has 24 heavy (non-hydrogen) atoms. The molecule has 0 N–H and O–H groups in total. The van der Waals surface area contributed by atoms with Gasteiger partial charge in [0.1, 0.15) is 6.61 Å². The summed E-state index contributed by atoms with van der Waals surface area (Å²) >= 11 is 0. The Morgan fingerprint density at radius 2 is 2.17 bits per heavy atom. The van der Waals surface area contributed by atoms with Gasteiger partial charge in [0.15, 0.2) is 5.82 Å². The monoisotopic (exact) mass is 335 g/mol. The second kappa shape index (κ2) is 6.80. The number of ether oxygens (including phenoxy) is 2. The van der Waals surface area contributed by atoms with Crippen LogP contribution in [0.15, 0.2) is 4.52 Å². The Morgan fingerprint density at radius 1 is 1.33 bits per heavy atom. The molecule has 2 aliphatic heterocycles. The van der Waals surface area contributed by atoms with Crippen LogP contribution in [-0.4, -0.2) is 59.0 Å². The van der Waals surface area contributed by atoms with Crippen LogP contribution in [0.4, 0.5) is 0 Å². The maximum absolute atomic E-state index is 12.3. The molecule has 7 heteroatoms. The number of carbonyl (C=O) groups excluding carboxylic acids is 1. The summed E-state index contributed by atoms with van der Waals surface area (Å²) in [6.45, 7) is 3.48. The van der Waals surface area contributed by atoms with E-state index in [0.29, 0.717) is 30.6 Å². The number of fused-ring (bicyclic) bond motifs is 1. The Labute approximate surface area is 141 Å². The molecule has 1 amide bonds. The number of likely N-dealkylation sites (tertiary alicyclic amines) is 1. The summed E-state index contributed by atoms with van der Waals surface area (Å²) in [5.74, 6) is 1.80. The fourth-order valence-electron chi connectivity index (χ4n) is 4.15. The lowest BCUT2D eigenvalue weighted by Crippen LogP contribution is -2.35. The van der Waals surface area contributed by atoms with Crippen LogP contribution >= 0.6 is 0 Å². The van der Waals surface area contributed by atoms with Crippen LogP contribution < -0.4 is 0 Å². The summed E-state index contributed by atoms with van der Waals surface area (Å²) in [5, 5.41) is 3.81. The first kappa shape index (κ1) is 16.0. The summed E-state index contributed by atoms with van der Waals surface area (Å²) < 4.78 is 17.0. The Hall–Kier alpha value is -1.47. The van der Waals surface area contributed by atoms with Crippen molar-refractivity contribution in [2.45, 2.75) is 63.8 Å². The SMILES string of the molecule is Cc1noc(C[C@@H]2C[C@H]3CN(C(=O)COC4CCCC4)C[C@H]3O2)n1. The van der Waals surface area contributed by atoms with Crippen LogP contribution in [0.1, 0.15) is 43.8 Å². The highest BCUT2D eigenvalue weighted by molar-refractivity contribution is 5.77. The van der Waals surface area contributed by atoms with Crippen LogP contribution in [0, 0.1) is 12.8 Å². The van der Waals surface area contributed by atoms with Crippen LogP contribution in [0.25, 0.3) is 0 Å². The van der Waals surface area contributed by atoms with E-state index in [2.05, 4.69) is 10.1 Å². The zero-order valence-corrected chi connectivity index (χ0v) is 14.1. The van der Waals surface area contributed by atoms with E-state index in [0.717, 1.165) is 25.8 Å². The van der Waals surface area contributed by atoms with Gasteiger partial charge in [-0.2, -0.15) is 4.98 Å². The van der Waals surface area contributed by atoms with Crippen molar-refractivity contribution in [3.63, 3.8) is 0 Å². The van der Waals surface area contributed by atoms with Gasteiger partial charge in [0, 0.05) is 19.0 Å². The lowest BCUT2D eigenvalue weighted by molar-refractivity contribution is -0.138. The molecule has 1 aromatic rings. The molecule has 2 saturated heterocycles. The molecular weight excluding hydrogens is 310 g/mol. The van der Waals surface area contributed by atoms with Crippen molar-refractivity contribution in [3.05, 3.63) is 11.7 Å². The molecule has 0 unspecified atom stereocenters. The predicted octanol–water partition coefficient (Wildman–Crippen LogP) is 1.50. The smallest absolute Gasteiger partial charge is 0.248 e. The maximum Gasteiger partial charge on any atom is 0.248 e. The molecule has 0 spiro atoms. The Morgan fingerprint density at radius 3 is 2.88 bits per heavy atom. The average Bonchev–Trinajstić information content (AvgIpc) is 3.29. The molecule has 0 bridgehead atoms. The van der Waals surface area contributed by atoms with Gasteiger partial charge in [0.2, 0.25) is 11.8 Å². The summed E-state index contributed by atoms with van der Waals surface area (Å²) in [6, 6.07) is 0. The number of hydrogen-bond donors (Lipinski definition) is 0. The quantitative estimate of drug-likeness (QED) is 0.811. The van der Waals surface area contributed by atoms with E-state index in [9.17, 15) is 4.79 Å². The average molecular weight is 335 g/mol. The minimum atomic E-state index is 0.101. The molecule has 3 fully saturated rings. The summed E-state index contributed by atoms with van der Waals surface area (Å²) in [4.78, 5) is 18.5. The molecule has 1 aliphatic carbocycles. The van der Waals surface area contributed by atoms with Gasteiger partial charge in [-0.3, -0.25) is 4.79 Å². The van der Waals surface area contributed by atoms with E-state index in [1.165, 1.54) is 12.8 Å². The number of amides is 1. The van der Waals surface area contributed by atoms with Gasteiger partial charge >= 0.3 is 0 Å². The van der Waals surface area contributed by atoms with Crippen molar-refractivity contribution in [2.75, 3.05) is 19.7 Å². The largest absolute Gasteiger partial charge is 0.372 e. The molecule has 0 radical (unpaired) electrons. The predicted molar refractivity (Wildman–Crippen MR) is 84.3 cm³/mol. The number of nitrogens with zero attached hydrogens (tertiary/aromatic N) is 3. The third-order valence-corrected chi connectivity index (χ3v) is 5.38. The van der Waals surface area contributed by atoms with Crippen LogP contribution in [-0.2, 0) is 20.7 Å². The Balaban J connectivity index is 1.22. The highest BCUT2D eigenvalue weighted by Gasteiger charge is 2.43. The number of aryl methyl sites for hydroxylation is 1. The molecule has 3 heterocycles. The molecule has 1 aromatic heterocycles. The van der Waals surface area contributed by atoms with Gasteiger partial charge < -0.3 is 18.9 Å². The third kappa shape index (κ3) is 3.47. The van der Waals surface area contributed by atoms with E-state index in [1.807, 2.05) is 11.8 Å². The standard InChI is InChI=1S/C17H25N3O4/c1-11-18-16(24-19-11)7-14-6-12-8-20(9-15(12)23-14)17(21)10-22-13-4-2-3-5-13/h12-15H,2-10H2,1H3/t12-,14-,15+/m0/s1. The molecule has 4 rings (SSSR count). The van der Waals surface area contributed by atoms with Gasteiger partial charge in [-0.25, -0.2) is 0 Å². The zero-order chi connectivity index (χ0) is 16.5. The highest BCUT2D eigenvalue weighted by atomic mass is 16.5. The fourth-order valence-corrected chi connectivity index (χ4v) is 4.15. The summed E-state index contributed by atoms with van der Waals surface area (Å²) in [5.41, 5.74) is 0. The lowest BCUT2D eigenvalue weighted by atomic mass is 10.0. The molecule has 0 aromatic carbocycles. The molecular formula is C17H25N3O4. The summed E-state index contributed by atoms with van der Waals surface area (Å²) in [6.07, 6.45) is 6.78. The van der Waals surface area contributed by atoms with Gasteiger partial charge in [-0.1, -0.05) is 18.0 Å². The maximum atomic E-state index is 12.3. The van der Waals surface area contributed by atoms with Crippen LogP contribution in [0.3, 0.4) is 0 Å². The molecule has 1 saturated carbocycles. The van der Waals surface area contributed by atoms with Gasteiger partial charge in [0.25, 0.3) is 0 Å². The van der Waals surface area contributed by atoms with E-state index in [4.69, 9.17) is 14.0 Å². The number of carbonyl (C=O) groups is 1. The highest BCUT2D eigenvalue weighted by Crippen LogP contribution is 2.34. The van der Waals surface area contributed by atoms with E-state index in [1.54, 1.807) is 0 Å². The van der Waals surface area contributed by atoms with Crippen molar-refractivity contribution in [1.29, 1.82) is 0 Å². The Kier molecular flexibility index (Phi) is 4.54. The fraction of sp³-hybridized carbons (Fsp3) is 0.824. The molecule has 3 atom stereocenters. The van der Waals surface area contributed by atoms with E-state index < -0.39 is 0 Å². The summed E-state index contributed by atoms with van der Waals surface area (Å²) in [7, 11) is 0. The van der Waals surface area contributed by atoms with Gasteiger partial charge in [-0.05, 0) is 26.2 Å². The third-order valence-electron chi connectivity index (χ3n) is 5.38. The van der Waals surface area contributed by atoms with E-state index >= 15 is 0 Å². The molecule has 3 aliphatic rings. The lowest BCUT2D eigenvalue weighted by Gasteiger charge is -2.20. The van der Waals surface area contributed by atoms with Crippen molar-refractivity contribution in [1.82, 2.24) is 15.0 Å². The van der Waals surface area contributed by atoms with E-state index in [-0.39, 0.29) is 30.8 Å². The van der Waals surface area contributed by atoms with Gasteiger partial charge in [-0.15, -0.1) is 0 Å². The van der Waals surface area contributed by atoms with Crippen molar-refractivity contribution >= 4 is 5.91 Å². The van der Waals surface area contributed by atoms with Crippen LogP contribution in [0.5, 0.6) is 0 Å². The molecule has 132 valence electrons. The second-order valence-corrected chi connectivity index (χ2v) is 7.25. The number of aromatic nitrogens is 2. The number of hydrogen-bond acceptors (Lipinski definition) is 6. The first-order valence-corrected chi connectivity index (χ1v) is 9.01. The second-order valence-electron chi connectivity index (χ2n) is 7.25.